The molecule has 0 radical (unpaired) electrons. The molecule has 0 aliphatic carbocycles. The highest BCUT2D eigenvalue weighted by Gasteiger charge is 2.36. The lowest BCUT2D eigenvalue weighted by Crippen LogP contribution is -2.36. The van der Waals surface area contributed by atoms with Crippen LogP contribution in [0.25, 0.3) is 6.08 Å². The Morgan fingerprint density at radius 1 is 1.12 bits per heavy atom. The molecule has 212 valence electrons. The molecule has 0 aromatic heterocycles. The van der Waals surface area contributed by atoms with Crippen LogP contribution in [0, 0.1) is 10.1 Å². The summed E-state index contributed by atoms with van der Waals surface area (Å²) in [6.45, 7) is 1.60. The molecule has 3 amide bonds. The van der Waals surface area contributed by atoms with E-state index in [1.54, 1.807) is 49.4 Å². The van der Waals surface area contributed by atoms with Crippen LogP contribution < -0.4 is 19.5 Å². The number of methoxy groups -OCH3 is 1. The molecule has 0 atom stereocenters. The molecule has 41 heavy (non-hydrogen) atoms. The van der Waals surface area contributed by atoms with Gasteiger partial charge in [0.1, 0.15) is 18.9 Å². The zero-order chi connectivity index (χ0) is 29.5. The Bertz CT molecular complexity index is 1530. The molecular formula is C28H24ClN3O8S. The summed E-state index contributed by atoms with van der Waals surface area (Å²) in [5.41, 5.74) is 1.45. The Morgan fingerprint density at radius 2 is 1.88 bits per heavy atom. The maximum Gasteiger partial charge on any atom is 0.294 e. The molecule has 3 aromatic rings. The summed E-state index contributed by atoms with van der Waals surface area (Å²) in [6.07, 6.45) is 1.48. The summed E-state index contributed by atoms with van der Waals surface area (Å²) in [7, 11) is 1.53. The molecule has 1 aliphatic rings. The number of nitrogens with zero attached hydrogens (tertiary/aromatic N) is 2. The number of rotatable bonds is 11. The zero-order valence-corrected chi connectivity index (χ0v) is 23.5. The van der Waals surface area contributed by atoms with Crippen LogP contribution >= 0.6 is 23.4 Å². The number of carbonyl (C=O) groups excluding carboxylic acids is 3. The van der Waals surface area contributed by atoms with E-state index in [9.17, 15) is 24.5 Å². The van der Waals surface area contributed by atoms with Crippen LogP contribution in [0.15, 0.2) is 65.6 Å². The first-order valence-corrected chi connectivity index (χ1v) is 13.4. The van der Waals surface area contributed by atoms with Crippen LogP contribution in [-0.2, 0) is 16.2 Å². The second-order valence-electron chi connectivity index (χ2n) is 8.52. The minimum atomic E-state index is -0.620. The van der Waals surface area contributed by atoms with E-state index in [4.69, 9.17) is 25.8 Å². The van der Waals surface area contributed by atoms with Crippen LogP contribution in [-0.4, -0.2) is 47.1 Å². The average molecular weight is 598 g/mol. The maximum atomic E-state index is 13.0. The van der Waals surface area contributed by atoms with Gasteiger partial charge in [-0.05, 0) is 72.3 Å². The SMILES string of the molecule is CCOc1cc(/C=C2/SC(=O)N(CC(=O)Nc3ccc(OC)cc3)C2=O)cc(Cl)c1OCc1cccc([N+](=O)[O-])c1. The van der Waals surface area contributed by atoms with Gasteiger partial charge in [0.25, 0.3) is 16.8 Å². The Kier molecular flexibility index (Phi) is 9.48. The van der Waals surface area contributed by atoms with Gasteiger partial charge < -0.3 is 19.5 Å². The second-order valence-corrected chi connectivity index (χ2v) is 9.92. The number of nitro groups is 1. The van der Waals surface area contributed by atoms with E-state index in [0.717, 1.165) is 4.90 Å². The summed E-state index contributed by atoms with van der Waals surface area (Å²) in [4.78, 5) is 49.5. The third-order valence-corrected chi connectivity index (χ3v) is 6.87. The molecule has 1 aliphatic heterocycles. The minimum Gasteiger partial charge on any atom is -0.497 e. The second kappa shape index (κ2) is 13.2. The molecule has 4 rings (SSSR count). The summed E-state index contributed by atoms with van der Waals surface area (Å²) >= 11 is 7.19. The Morgan fingerprint density at radius 3 is 2.56 bits per heavy atom. The van der Waals surface area contributed by atoms with Crippen LogP contribution in [0.5, 0.6) is 17.2 Å². The van der Waals surface area contributed by atoms with Crippen molar-refractivity contribution in [2.75, 3.05) is 25.6 Å². The average Bonchev–Trinajstić information content (AvgIpc) is 3.20. The number of benzene rings is 3. The van der Waals surface area contributed by atoms with E-state index in [1.165, 1.54) is 31.4 Å². The molecule has 0 bridgehead atoms. The van der Waals surface area contributed by atoms with Gasteiger partial charge in [-0.1, -0.05) is 23.7 Å². The summed E-state index contributed by atoms with van der Waals surface area (Å²) < 4.78 is 16.6. The van der Waals surface area contributed by atoms with E-state index in [-0.39, 0.29) is 40.3 Å². The number of nitrogens with one attached hydrogen (secondary N) is 1. The summed E-state index contributed by atoms with van der Waals surface area (Å²) in [5, 5.41) is 13.3. The maximum absolute atomic E-state index is 13.0. The molecule has 11 nitrogen and oxygen atoms in total. The van der Waals surface area contributed by atoms with Crippen molar-refractivity contribution < 1.29 is 33.5 Å². The van der Waals surface area contributed by atoms with Gasteiger partial charge >= 0.3 is 0 Å². The van der Waals surface area contributed by atoms with Crippen LogP contribution in [0.1, 0.15) is 18.1 Å². The molecular weight excluding hydrogens is 574 g/mol. The van der Waals surface area contributed by atoms with Gasteiger partial charge in [0, 0.05) is 17.8 Å². The largest absolute Gasteiger partial charge is 0.497 e. The molecule has 1 heterocycles. The van der Waals surface area contributed by atoms with Crippen molar-refractivity contribution in [1.82, 2.24) is 4.90 Å². The fourth-order valence-corrected chi connectivity index (χ4v) is 4.91. The lowest BCUT2D eigenvalue weighted by atomic mass is 10.1. The highest BCUT2D eigenvalue weighted by molar-refractivity contribution is 8.18. The van der Waals surface area contributed by atoms with Gasteiger partial charge in [-0.2, -0.15) is 0 Å². The number of nitro benzene ring substituents is 1. The number of imide groups is 1. The number of anilines is 1. The highest BCUT2D eigenvalue weighted by atomic mass is 35.5. The van der Waals surface area contributed by atoms with E-state index in [1.807, 2.05) is 0 Å². The smallest absolute Gasteiger partial charge is 0.294 e. The predicted molar refractivity (Wildman–Crippen MR) is 154 cm³/mol. The number of amides is 3. The highest BCUT2D eigenvalue weighted by Crippen LogP contribution is 2.39. The Hall–Kier alpha value is -4.55. The quantitative estimate of drug-likeness (QED) is 0.162. The first-order valence-electron chi connectivity index (χ1n) is 12.2. The van der Waals surface area contributed by atoms with Crippen LogP contribution in [0.4, 0.5) is 16.2 Å². The van der Waals surface area contributed by atoms with Crippen molar-refractivity contribution in [2.24, 2.45) is 0 Å². The van der Waals surface area contributed by atoms with Crippen LogP contribution in [0.3, 0.4) is 0 Å². The molecule has 1 N–H and O–H groups in total. The van der Waals surface area contributed by atoms with Crippen molar-refractivity contribution in [2.45, 2.75) is 13.5 Å². The van der Waals surface area contributed by atoms with Gasteiger partial charge in [0.15, 0.2) is 11.5 Å². The van der Waals surface area contributed by atoms with Gasteiger partial charge in [0.05, 0.1) is 28.6 Å². The van der Waals surface area contributed by atoms with Gasteiger partial charge in [0.2, 0.25) is 5.91 Å². The van der Waals surface area contributed by atoms with Gasteiger partial charge in [-0.3, -0.25) is 29.4 Å². The summed E-state index contributed by atoms with van der Waals surface area (Å²) in [6, 6.07) is 15.8. The fourth-order valence-electron chi connectivity index (χ4n) is 3.80. The fraction of sp³-hybridized carbons (Fsp3) is 0.179. The Balaban J connectivity index is 1.47. The number of carbonyl (C=O) groups is 3. The summed E-state index contributed by atoms with van der Waals surface area (Å²) in [5.74, 6) is -0.0281. The van der Waals surface area contributed by atoms with Crippen molar-refractivity contribution in [3.63, 3.8) is 0 Å². The van der Waals surface area contributed by atoms with E-state index < -0.39 is 28.5 Å². The lowest BCUT2D eigenvalue weighted by molar-refractivity contribution is -0.384. The van der Waals surface area contributed by atoms with Crippen molar-refractivity contribution in [1.29, 1.82) is 0 Å². The molecule has 0 spiro atoms. The number of non-ortho nitro benzene ring substituents is 1. The molecule has 1 fully saturated rings. The third kappa shape index (κ3) is 7.35. The molecule has 0 unspecified atom stereocenters. The zero-order valence-electron chi connectivity index (χ0n) is 21.9. The van der Waals surface area contributed by atoms with Crippen molar-refractivity contribution in [3.05, 3.63) is 91.8 Å². The monoisotopic (exact) mass is 597 g/mol. The normalized spacial score (nSPS) is 13.8. The number of ether oxygens (including phenoxy) is 3. The Labute approximate surface area is 244 Å². The lowest BCUT2D eigenvalue weighted by Gasteiger charge is -2.15. The van der Waals surface area contributed by atoms with Crippen molar-refractivity contribution in [3.8, 4) is 17.2 Å². The van der Waals surface area contributed by atoms with Gasteiger partial charge in [-0.25, -0.2) is 0 Å². The molecule has 3 aromatic carbocycles. The third-order valence-electron chi connectivity index (χ3n) is 5.68. The molecule has 1 saturated heterocycles. The topological polar surface area (TPSA) is 137 Å². The molecule has 0 saturated carbocycles. The standard InChI is InChI=1S/C28H24ClN3O8S/c1-3-39-23-13-18(12-22(29)26(23)40-16-17-5-4-6-20(11-17)32(36)37)14-24-27(34)31(28(35)41-24)15-25(33)30-19-7-9-21(38-2)10-8-19/h4-14H,3,15-16H2,1-2H3,(H,30,33)/b24-14+. The van der Waals surface area contributed by atoms with E-state index in [0.29, 0.717) is 34.3 Å². The number of hydrogen-bond acceptors (Lipinski definition) is 9. The van der Waals surface area contributed by atoms with Crippen molar-refractivity contribution >= 4 is 57.9 Å². The number of hydrogen-bond donors (Lipinski definition) is 1. The minimum absolute atomic E-state index is 0.00169. The predicted octanol–water partition coefficient (Wildman–Crippen LogP) is 5.91. The van der Waals surface area contributed by atoms with Gasteiger partial charge in [-0.15, -0.1) is 0 Å². The van der Waals surface area contributed by atoms with Crippen LogP contribution in [0.2, 0.25) is 5.02 Å². The first kappa shape index (κ1) is 29.4. The van der Waals surface area contributed by atoms with E-state index >= 15 is 0 Å². The van der Waals surface area contributed by atoms with E-state index in [2.05, 4.69) is 5.32 Å². The first-order chi connectivity index (χ1) is 19.7. The number of thioether (sulfide) groups is 1. The molecule has 13 heteroatoms. The number of halogens is 1.